The number of methoxy groups -OCH3 is 1. The SMILES string of the molecule is COC(=O)[C@H]1CC[C@H]2C3CC[C@H]4N(C)C(=O)C(F)=C[C@]4(C)C3CC[C@]12C. The predicted octanol–water partition coefficient (Wildman–Crippen LogP) is 3.71. The molecular weight excluding hydrogens is 333 g/mol. The van der Waals surface area contributed by atoms with Crippen LogP contribution in [-0.2, 0) is 14.3 Å². The van der Waals surface area contributed by atoms with E-state index in [2.05, 4.69) is 13.8 Å². The third kappa shape index (κ3) is 2.18. The van der Waals surface area contributed by atoms with Crippen molar-refractivity contribution >= 4 is 11.9 Å². The lowest BCUT2D eigenvalue weighted by atomic mass is 9.47. The Hall–Kier alpha value is -1.39. The Morgan fingerprint density at radius 1 is 1.19 bits per heavy atom. The van der Waals surface area contributed by atoms with Crippen molar-refractivity contribution in [2.24, 2.45) is 34.5 Å². The maximum absolute atomic E-state index is 14.4. The average molecular weight is 363 g/mol. The van der Waals surface area contributed by atoms with Crippen molar-refractivity contribution < 1.29 is 18.7 Å². The molecule has 3 saturated carbocycles. The second-order valence-electron chi connectivity index (χ2n) is 9.44. The first-order valence-electron chi connectivity index (χ1n) is 9.97. The van der Waals surface area contributed by atoms with Crippen molar-refractivity contribution in [1.82, 2.24) is 4.90 Å². The fourth-order valence-corrected chi connectivity index (χ4v) is 7.36. The lowest BCUT2D eigenvalue weighted by molar-refractivity contribution is -0.156. The Balaban J connectivity index is 1.68. The molecule has 144 valence electrons. The number of carbonyl (C=O) groups excluding carboxylic acids is 2. The summed E-state index contributed by atoms with van der Waals surface area (Å²) in [5.41, 5.74) is -0.309. The molecule has 1 heterocycles. The fraction of sp³-hybridized carbons (Fsp3) is 0.810. The molecule has 4 nitrogen and oxygen atoms in total. The molecule has 0 aromatic heterocycles. The number of hydrogen-bond acceptors (Lipinski definition) is 3. The number of likely N-dealkylation sites (N-methyl/N-ethyl adjacent to an activating group) is 1. The molecule has 0 aromatic rings. The van der Waals surface area contributed by atoms with Crippen LogP contribution in [0.1, 0.15) is 52.4 Å². The molecule has 0 bridgehead atoms. The van der Waals surface area contributed by atoms with Gasteiger partial charge >= 0.3 is 5.97 Å². The van der Waals surface area contributed by atoms with Gasteiger partial charge in [0.2, 0.25) is 0 Å². The second kappa shape index (κ2) is 5.80. The molecule has 0 saturated heterocycles. The average Bonchev–Trinajstić information content (AvgIpc) is 2.96. The molecule has 3 fully saturated rings. The van der Waals surface area contributed by atoms with Crippen molar-refractivity contribution in [2.45, 2.75) is 58.4 Å². The summed E-state index contributed by atoms with van der Waals surface area (Å²) < 4.78 is 19.5. The number of rotatable bonds is 1. The van der Waals surface area contributed by atoms with E-state index >= 15 is 0 Å². The number of carbonyl (C=O) groups is 2. The third-order valence-electron chi connectivity index (χ3n) is 8.64. The van der Waals surface area contributed by atoms with E-state index < -0.39 is 11.7 Å². The highest BCUT2D eigenvalue weighted by Crippen LogP contribution is 2.65. The maximum Gasteiger partial charge on any atom is 0.309 e. The van der Waals surface area contributed by atoms with Crippen LogP contribution in [0.25, 0.3) is 0 Å². The topological polar surface area (TPSA) is 46.6 Å². The van der Waals surface area contributed by atoms with Gasteiger partial charge in [0, 0.05) is 18.5 Å². The van der Waals surface area contributed by atoms with E-state index in [1.165, 1.54) is 7.11 Å². The number of nitrogens with zero attached hydrogens (tertiary/aromatic N) is 1. The van der Waals surface area contributed by atoms with Gasteiger partial charge < -0.3 is 9.64 Å². The zero-order valence-corrected chi connectivity index (χ0v) is 16.3. The summed E-state index contributed by atoms with van der Waals surface area (Å²) in [5, 5.41) is 0. The Labute approximate surface area is 155 Å². The maximum atomic E-state index is 14.4. The minimum absolute atomic E-state index is 0.00387. The van der Waals surface area contributed by atoms with E-state index in [9.17, 15) is 14.0 Å². The van der Waals surface area contributed by atoms with Crippen molar-refractivity contribution in [3.05, 3.63) is 11.9 Å². The van der Waals surface area contributed by atoms with Crippen LogP contribution in [0, 0.1) is 34.5 Å². The zero-order valence-electron chi connectivity index (χ0n) is 16.3. The molecule has 1 amide bonds. The summed E-state index contributed by atoms with van der Waals surface area (Å²) in [6.07, 6.45) is 7.54. The summed E-state index contributed by atoms with van der Waals surface area (Å²) >= 11 is 0. The molecule has 7 atom stereocenters. The van der Waals surface area contributed by atoms with Gasteiger partial charge in [0.25, 0.3) is 5.91 Å². The van der Waals surface area contributed by atoms with Crippen LogP contribution in [0.2, 0.25) is 0 Å². The van der Waals surface area contributed by atoms with E-state index in [1.807, 2.05) is 0 Å². The van der Waals surface area contributed by atoms with Gasteiger partial charge in [-0.15, -0.1) is 0 Å². The molecule has 26 heavy (non-hydrogen) atoms. The smallest absolute Gasteiger partial charge is 0.309 e. The monoisotopic (exact) mass is 363 g/mol. The Bertz CT molecular complexity index is 676. The summed E-state index contributed by atoms with van der Waals surface area (Å²) in [4.78, 5) is 26.1. The van der Waals surface area contributed by atoms with Gasteiger partial charge in [-0.05, 0) is 67.8 Å². The number of amides is 1. The Morgan fingerprint density at radius 2 is 1.92 bits per heavy atom. The van der Waals surface area contributed by atoms with Crippen molar-refractivity contribution in [3.8, 4) is 0 Å². The van der Waals surface area contributed by atoms with Gasteiger partial charge in [-0.2, -0.15) is 0 Å². The van der Waals surface area contributed by atoms with Gasteiger partial charge in [0.1, 0.15) is 0 Å². The molecule has 5 heteroatoms. The highest BCUT2D eigenvalue weighted by atomic mass is 19.1. The van der Waals surface area contributed by atoms with E-state index in [-0.39, 0.29) is 28.8 Å². The molecule has 2 unspecified atom stereocenters. The van der Waals surface area contributed by atoms with Crippen molar-refractivity contribution in [3.63, 3.8) is 0 Å². The minimum Gasteiger partial charge on any atom is -0.469 e. The lowest BCUT2D eigenvalue weighted by Gasteiger charge is -2.60. The fourth-order valence-electron chi connectivity index (χ4n) is 7.36. The first-order chi connectivity index (χ1) is 12.2. The molecule has 0 N–H and O–H groups in total. The second-order valence-corrected chi connectivity index (χ2v) is 9.44. The number of esters is 1. The molecule has 3 aliphatic carbocycles. The highest BCUT2D eigenvalue weighted by Gasteiger charge is 2.62. The largest absolute Gasteiger partial charge is 0.469 e. The first-order valence-corrected chi connectivity index (χ1v) is 9.97. The van der Waals surface area contributed by atoms with E-state index in [1.54, 1.807) is 18.0 Å². The van der Waals surface area contributed by atoms with Crippen LogP contribution in [0.4, 0.5) is 4.39 Å². The summed E-state index contributed by atoms with van der Waals surface area (Å²) in [6.45, 7) is 4.41. The first kappa shape index (κ1) is 18.0. The standard InChI is InChI=1S/C21H30FNO3/c1-20-10-9-14-12(13(20)6-7-15(20)19(25)26-4)5-8-17-21(14,2)11-16(22)18(24)23(17)3/h11-15,17H,5-10H2,1-4H3/t12?,13-,14?,15+,17+,20-,21+/m0/s1. The number of fused-ring (bicyclic) bond motifs is 5. The summed E-state index contributed by atoms with van der Waals surface area (Å²) in [7, 11) is 3.23. The Kier molecular flexibility index (Phi) is 4.02. The molecule has 0 spiro atoms. The molecule has 0 radical (unpaired) electrons. The van der Waals surface area contributed by atoms with Crippen LogP contribution < -0.4 is 0 Å². The van der Waals surface area contributed by atoms with Gasteiger partial charge in [-0.3, -0.25) is 9.59 Å². The summed E-state index contributed by atoms with van der Waals surface area (Å²) in [5.74, 6) is 0.210. The quantitative estimate of drug-likeness (QED) is 0.667. The van der Waals surface area contributed by atoms with Crippen LogP contribution in [0.3, 0.4) is 0 Å². The van der Waals surface area contributed by atoms with E-state index in [4.69, 9.17) is 4.74 Å². The molecule has 4 rings (SSSR count). The molecule has 1 aliphatic heterocycles. The number of halogens is 1. The molecule has 0 aromatic carbocycles. The van der Waals surface area contributed by atoms with Gasteiger partial charge in [0.05, 0.1) is 13.0 Å². The van der Waals surface area contributed by atoms with Crippen LogP contribution in [-0.4, -0.2) is 37.0 Å². The van der Waals surface area contributed by atoms with E-state index in [0.29, 0.717) is 17.8 Å². The molecular formula is C21H30FNO3. The van der Waals surface area contributed by atoms with Gasteiger partial charge in [-0.1, -0.05) is 13.8 Å². The third-order valence-corrected chi connectivity index (χ3v) is 8.64. The van der Waals surface area contributed by atoms with Crippen molar-refractivity contribution in [1.29, 1.82) is 0 Å². The Morgan fingerprint density at radius 3 is 2.62 bits per heavy atom. The lowest BCUT2D eigenvalue weighted by Crippen LogP contribution is -2.60. The van der Waals surface area contributed by atoms with E-state index in [0.717, 1.165) is 38.5 Å². The van der Waals surface area contributed by atoms with Crippen LogP contribution >= 0.6 is 0 Å². The summed E-state index contributed by atoms with van der Waals surface area (Å²) in [6, 6.07) is 0.0814. The minimum atomic E-state index is -0.598. The van der Waals surface area contributed by atoms with Gasteiger partial charge in [-0.25, -0.2) is 4.39 Å². The number of hydrogen-bond donors (Lipinski definition) is 0. The normalized spacial score (nSPS) is 47.6. The highest BCUT2D eigenvalue weighted by molar-refractivity contribution is 5.92. The van der Waals surface area contributed by atoms with Crippen LogP contribution in [0.5, 0.6) is 0 Å². The van der Waals surface area contributed by atoms with Crippen LogP contribution in [0.15, 0.2) is 11.9 Å². The zero-order chi connectivity index (χ0) is 18.9. The number of ether oxygens (including phenoxy) is 1. The van der Waals surface area contributed by atoms with Crippen molar-refractivity contribution in [2.75, 3.05) is 14.2 Å². The molecule has 4 aliphatic rings. The predicted molar refractivity (Wildman–Crippen MR) is 95.6 cm³/mol. The van der Waals surface area contributed by atoms with Gasteiger partial charge in [0.15, 0.2) is 5.83 Å².